The second-order valence-electron chi connectivity index (χ2n) is 4.32. The topological polar surface area (TPSA) is 72.7 Å². The number of benzene rings is 1. The lowest BCUT2D eigenvalue weighted by atomic mass is 10.2. The van der Waals surface area contributed by atoms with Crippen molar-refractivity contribution in [3.8, 4) is 5.95 Å². The lowest BCUT2D eigenvalue weighted by Gasteiger charge is -2.07. The first-order chi connectivity index (χ1) is 10.6. The molecule has 1 aromatic carbocycles. The zero-order valence-electron chi connectivity index (χ0n) is 11.1. The number of imidazole rings is 1. The highest BCUT2D eigenvalue weighted by Gasteiger charge is 2.12. The summed E-state index contributed by atoms with van der Waals surface area (Å²) in [4.78, 5) is 24.2. The molecular weight excluding hydrogens is 309 g/mol. The Hall–Kier alpha value is -2.80. The van der Waals surface area contributed by atoms with Crippen LogP contribution < -0.4 is 5.32 Å². The minimum absolute atomic E-state index is 0.0356. The molecule has 0 saturated heterocycles. The first kappa shape index (κ1) is 14.2. The largest absolute Gasteiger partial charge is 0.319 e. The number of hydrogen-bond donors (Lipinski definition) is 1. The number of carbonyl (C=O) groups is 1. The highest BCUT2D eigenvalue weighted by Crippen LogP contribution is 2.18. The van der Waals surface area contributed by atoms with Gasteiger partial charge in [-0.15, -0.1) is 0 Å². The van der Waals surface area contributed by atoms with E-state index in [1.165, 1.54) is 24.5 Å². The Morgan fingerprint density at radius 1 is 1.27 bits per heavy atom. The van der Waals surface area contributed by atoms with Crippen molar-refractivity contribution in [1.29, 1.82) is 0 Å². The van der Waals surface area contributed by atoms with Gasteiger partial charge in [-0.05, 0) is 18.2 Å². The predicted octanol–water partition coefficient (Wildman–Crippen LogP) is 2.71. The fourth-order valence-electron chi connectivity index (χ4n) is 1.77. The number of rotatable bonds is 3. The van der Waals surface area contributed by atoms with Gasteiger partial charge in [-0.3, -0.25) is 9.36 Å². The van der Waals surface area contributed by atoms with E-state index < -0.39 is 11.7 Å². The van der Waals surface area contributed by atoms with Crippen LogP contribution in [0.15, 0.2) is 49.3 Å². The van der Waals surface area contributed by atoms with Crippen molar-refractivity contribution in [2.45, 2.75) is 0 Å². The molecule has 0 spiro atoms. The quantitative estimate of drug-likeness (QED) is 0.806. The van der Waals surface area contributed by atoms with E-state index in [2.05, 4.69) is 20.3 Å². The van der Waals surface area contributed by atoms with E-state index in [0.717, 1.165) is 6.07 Å². The van der Waals surface area contributed by atoms with Crippen LogP contribution >= 0.6 is 11.6 Å². The molecule has 0 unspecified atom stereocenters. The zero-order valence-corrected chi connectivity index (χ0v) is 11.8. The van der Waals surface area contributed by atoms with Crippen LogP contribution in [0.3, 0.4) is 0 Å². The minimum Gasteiger partial charge on any atom is -0.319 e. The summed E-state index contributed by atoms with van der Waals surface area (Å²) >= 11 is 5.84. The van der Waals surface area contributed by atoms with Gasteiger partial charge in [0.05, 0.1) is 28.7 Å². The molecule has 0 aliphatic carbocycles. The Bertz CT molecular complexity index is 805. The van der Waals surface area contributed by atoms with Gasteiger partial charge in [-0.25, -0.2) is 19.3 Å². The molecule has 6 nitrogen and oxygen atoms in total. The summed E-state index contributed by atoms with van der Waals surface area (Å²) < 4.78 is 14.6. The van der Waals surface area contributed by atoms with Crippen molar-refractivity contribution in [3.63, 3.8) is 0 Å². The number of anilines is 1. The van der Waals surface area contributed by atoms with Crippen LogP contribution in [0.25, 0.3) is 5.95 Å². The second kappa shape index (κ2) is 5.90. The zero-order chi connectivity index (χ0) is 15.5. The lowest BCUT2D eigenvalue weighted by Crippen LogP contribution is -2.13. The van der Waals surface area contributed by atoms with E-state index in [4.69, 9.17) is 11.6 Å². The van der Waals surface area contributed by atoms with Gasteiger partial charge in [0, 0.05) is 12.4 Å². The summed E-state index contributed by atoms with van der Waals surface area (Å²) in [5.41, 5.74) is 0.566. The Morgan fingerprint density at radius 2 is 2.05 bits per heavy atom. The summed E-state index contributed by atoms with van der Waals surface area (Å²) in [7, 11) is 0. The van der Waals surface area contributed by atoms with Crippen LogP contribution in [0.4, 0.5) is 10.1 Å². The van der Waals surface area contributed by atoms with E-state index in [9.17, 15) is 9.18 Å². The summed E-state index contributed by atoms with van der Waals surface area (Å²) in [6.07, 6.45) is 7.78. The third kappa shape index (κ3) is 2.94. The van der Waals surface area contributed by atoms with Crippen molar-refractivity contribution in [2.75, 3.05) is 5.32 Å². The van der Waals surface area contributed by atoms with Crippen LogP contribution in [0.1, 0.15) is 10.4 Å². The molecule has 2 aromatic heterocycles. The molecule has 2 heterocycles. The Balaban J connectivity index is 1.77. The molecule has 0 radical (unpaired) electrons. The summed E-state index contributed by atoms with van der Waals surface area (Å²) in [6.45, 7) is 0. The Labute approximate surface area is 129 Å². The highest BCUT2D eigenvalue weighted by atomic mass is 35.5. The molecule has 3 rings (SSSR count). The maximum atomic E-state index is 13.0. The molecular formula is C14H9ClFN5O. The van der Waals surface area contributed by atoms with Gasteiger partial charge >= 0.3 is 0 Å². The molecule has 3 aromatic rings. The summed E-state index contributed by atoms with van der Waals surface area (Å²) in [6, 6.07) is 3.56. The van der Waals surface area contributed by atoms with Crippen molar-refractivity contribution in [1.82, 2.24) is 19.5 Å². The first-order valence-electron chi connectivity index (χ1n) is 6.20. The molecule has 0 aliphatic rings. The normalized spacial score (nSPS) is 10.5. The van der Waals surface area contributed by atoms with E-state index >= 15 is 0 Å². The molecule has 110 valence electrons. The number of hydrogen-bond acceptors (Lipinski definition) is 4. The van der Waals surface area contributed by atoms with Gasteiger partial charge < -0.3 is 5.32 Å². The van der Waals surface area contributed by atoms with Crippen LogP contribution in [-0.4, -0.2) is 25.4 Å². The predicted molar refractivity (Wildman–Crippen MR) is 78.5 cm³/mol. The van der Waals surface area contributed by atoms with Gasteiger partial charge in [0.15, 0.2) is 0 Å². The van der Waals surface area contributed by atoms with E-state index in [-0.39, 0.29) is 10.6 Å². The standard InChI is InChI=1S/C14H9ClFN5O/c15-12-5-9(16)1-2-11(12)13(22)20-10-6-18-14(19-7-10)21-4-3-17-8-21/h1-8H,(H,20,22). The molecule has 22 heavy (non-hydrogen) atoms. The Morgan fingerprint density at radius 3 is 2.68 bits per heavy atom. The van der Waals surface area contributed by atoms with Crippen molar-refractivity contribution < 1.29 is 9.18 Å². The average molecular weight is 318 g/mol. The molecule has 0 aliphatic heterocycles. The monoisotopic (exact) mass is 317 g/mol. The highest BCUT2D eigenvalue weighted by molar-refractivity contribution is 6.34. The van der Waals surface area contributed by atoms with E-state index in [1.807, 2.05) is 0 Å². The SMILES string of the molecule is O=C(Nc1cnc(-n2ccnc2)nc1)c1ccc(F)cc1Cl. The number of amides is 1. The number of halogens is 2. The third-order valence-electron chi connectivity index (χ3n) is 2.81. The Kier molecular flexibility index (Phi) is 3.80. The second-order valence-corrected chi connectivity index (χ2v) is 4.73. The molecule has 0 bridgehead atoms. The fraction of sp³-hybridized carbons (Fsp3) is 0. The maximum Gasteiger partial charge on any atom is 0.257 e. The van der Waals surface area contributed by atoms with E-state index in [1.54, 1.807) is 23.3 Å². The van der Waals surface area contributed by atoms with Gasteiger partial charge in [-0.1, -0.05) is 11.6 Å². The molecule has 1 N–H and O–H groups in total. The molecule has 1 amide bonds. The molecule has 0 fully saturated rings. The molecule has 0 saturated carbocycles. The first-order valence-corrected chi connectivity index (χ1v) is 6.58. The van der Waals surface area contributed by atoms with Gasteiger partial charge in [0.25, 0.3) is 5.91 Å². The third-order valence-corrected chi connectivity index (χ3v) is 3.12. The molecule has 0 atom stereocenters. The number of nitrogens with one attached hydrogen (secondary N) is 1. The minimum atomic E-state index is -0.505. The summed E-state index contributed by atoms with van der Waals surface area (Å²) in [5, 5.41) is 2.63. The maximum absolute atomic E-state index is 13.0. The molecule has 8 heteroatoms. The van der Waals surface area contributed by atoms with E-state index in [0.29, 0.717) is 11.6 Å². The summed E-state index contributed by atoms with van der Waals surface area (Å²) in [5.74, 6) is -0.547. The number of carbonyl (C=O) groups excluding carboxylic acids is 1. The van der Waals surface area contributed by atoms with Crippen LogP contribution in [-0.2, 0) is 0 Å². The van der Waals surface area contributed by atoms with Crippen molar-refractivity contribution in [2.24, 2.45) is 0 Å². The van der Waals surface area contributed by atoms with Gasteiger partial charge in [0.2, 0.25) is 5.95 Å². The fourth-order valence-corrected chi connectivity index (χ4v) is 2.02. The van der Waals surface area contributed by atoms with Crippen molar-refractivity contribution >= 4 is 23.2 Å². The lowest BCUT2D eigenvalue weighted by molar-refractivity contribution is 0.102. The van der Waals surface area contributed by atoms with Crippen LogP contribution in [0.2, 0.25) is 5.02 Å². The smallest absolute Gasteiger partial charge is 0.257 e. The number of nitrogens with zero attached hydrogens (tertiary/aromatic N) is 4. The van der Waals surface area contributed by atoms with Gasteiger partial charge in [-0.2, -0.15) is 0 Å². The van der Waals surface area contributed by atoms with Gasteiger partial charge in [0.1, 0.15) is 12.1 Å². The van der Waals surface area contributed by atoms with Crippen LogP contribution in [0, 0.1) is 5.82 Å². The average Bonchev–Trinajstić information content (AvgIpc) is 3.02. The number of aromatic nitrogens is 4. The van der Waals surface area contributed by atoms with Crippen LogP contribution in [0.5, 0.6) is 0 Å². The van der Waals surface area contributed by atoms with Crippen molar-refractivity contribution in [3.05, 3.63) is 65.7 Å².